The fraction of sp³-hybridized carbons (Fsp3) is 0.538. The van der Waals surface area contributed by atoms with Gasteiger partial charge in [-0.1, -0.05) is 29.3 Å². The van der Waals surface area contributed by atoms with E-state index in [4.69, 9.17) is 32.7 Å². The molecule has 1 atom stereocenters. The van der Waals surface area contributed by atoms with Gasteiger partial charge in [0, 0.05) is 24.3 Å². The first-order chi connectivity index (χ1) is 8.58. The molecule has 0 aliphatic rings. The first kappa shape index (κ1) is 15.7. The van der Waals surface area contributed by atoms with Gasteiger partial charge in [-0.2, -0.15) is 0 Å². The van der Waals surface area contributed by atoms with Crippen molar-refractivity contribution in [2.24, 2.45) is 0 Å². The molecule has 1 N–H and O–H groups in total. The second-order valence-electron chi connectivity index (χ2n) is 4.07. The highest BCUT2D eigenvalue weighted by Gasteiger charge is 2.14. The van der Waals surface area contributed by atoms with Gasteiger partial charge < -0.3 is 14.8 Å². The van der Waals surface area contributed by atoms with Crippen molar-refractivity contribution in [3.8, 4) is 0 Å². The van der Waals surface area contributed by atoms with E-state index in [9.17, 15) is 0 Å². The zero-order chi connectivity index (χ0) is 13.5. The fourth-order valence-corrected chi connectivity index (χ4v) is 2.26. The highest BCUT2D eigenvalue weighted by Crippen LogP contribution is 2.21. The first-order valence-electron chi connectivity index (χ1n) is 5.81. The molecule has 0 saturated carbocycles. The molecule has 102 valence electrons. The molecule has 0 bridgehead atoms. The number of hydrogen-bond acceptors (Lipinski definition) is 3. The summed E-state index contributed by atoms with van der Waals surface area (Å²) in [5.41, 5.74) is 1.08. The van der Waals surface area contributed by atoms with Gasteiger partial charge in [0.1, 0.15) is 0 Å². The minimum absolute atomic E-state index is 0.117. The van der Waals surface area contributed by atoms with Crippen molar-refractivity contribution in [2.45, 2.75) is 25.7 Å². The smallest absolute Gasteiger partial charge is 0.171 e. The zero-order valence-corrected chi connectivity index (χ0v) is 12.4. The average molecular weight is 292 g/mol. The highest BCUT2D eigenvalue weighted by molar-refractivity contribution is 6.35. The van der Waals surface area contributed by atoms with Crippen LogP contribution in [0.4, 0.5) is 0 Å². The number of ether oxygens (including phenoxy) is 2. The lowest BCUT2D eigenvalue weighted by atomic mass is 10.1. The highest BCUT2D eigenvalue weighted by atomic mass is 35.5. The van der Waals surface area contributed by atoms with Crippen LogP contribution in [-0.2, 0) is 15.9 Å². The van der Waals surface area contributed by atoms with Crippen LogP contribution in [0.2, 0.25) is 10.0 Å². The van der Waals surface area contributed by atoms with Crippen LogP contribution in [-0.4, -0.2) is 33.1 Å². The van der Waals surface area contributed by atoms with Crippen molar-refractivity contribution in [1.82, 2.24) is 5.32 Å². The number of nitrogens with one attached hydrogen (secondary N) is 1. The predicted molar refractivity (Wildman–Crippen MR) is 75.4 cm³/mol. The van der Waals surface area contributed by atoms with E-state index in [-0.39, 0.29) is 12.3 Å². The van der Waals surface area contributed by atoms with Crippen LogP contribution in [0.3, 0.4) is 0 Å². The van der Waals surface area contributed by atoms with Gasteiger partial charge in [0.05, 0.1) is 6.04 Å². The van der Waals surface area contributed by atoms with Crippen molar-refractivity contribution in [1.29, 1.82) is 0 Å². The number of halogens is 2. The van der Waals surface area contributed by atoms with Gasteiger partial charge >= 0.3 is 0 Å². The molecule has 1 rings (SSSR count). The van der Waals surface area contributed by atoms with E-state index < -0.39 is 0 Å². The molecule has 0 heterocycles. The second-order valence-corrected chi connectivity index (χ2v) is 4.91. The Hall–Kier alpha value is -0.320. The van der Waals surface area contributed by atoms with Gasteiger partial charge in [0.2, 0.25) is 0 Å². The molecule has 1 aromatic carbocycles. The minimum atomic E-state index is -0.245. The number of methoxy groups -OCH3 is 2. The fourth-order valence-electron chi connectivity index (χ4n) is 1.76. The Morgan fingerprint density at radius 3 is 2.44 bits per heavy atom. The summed E-state index contributed by atoms with van der Waals surface area (Å²) < 4.78 is 10.4. The zero-order valence-electron chi connectivity index (χ0n) is 10.9. The molecule has 0 saturated heterocycles. The largest absolute Gasteiger partial charge is 0.354 e. The number of rotatable bonds is 7. The van der Waals surface area contributed by atoms with Crippen molar-refractivity contribution in [3.05, 3.63) is 33.8 Å². The summed E-state index contributed by atoms with van der Waals surface area (Å²) in [5.74, 6) is 0. The number of benzene rings is 1. The molecule has 0 radical (unpaired) electrons. The van der Waals surface area contributed by atoms with Gasteiger partial charge in [0.25, 0.3) is 0 Å². The minimum Gasteiger partial charge on any atom is -0.354 e. The molecule has 1 aromatic rings. The molecular formula is C13H19Cl2NO2. The molecule has 0 aliphatic carbocycles. The van der Waals surface area contributed by atoms with Crippen molar-refractivity contribution < 1.29 is 9.47 Å². The Morgan fingerprint density at radius 2 is 1.89 bits per heavy atom. The first-order valence-corrected chi connectivity index (χ1v) is 6.57. The molecule has 0 amide bonds. The lowest BCUT2D eigenvalue weighted by molar-refractivity contribution is -0.119. The van der Waals surface area contributed by atoms with E-state index >= 15 is 0 Å². The van der Waals surface area contributed by atoms with E-state index in [0.29, 0.717) is 10.0 Å². The molecule has 5 heteroatoms. The molecule has 0 fully saturated rings. The Kier molecular flexibility index (Phi) is 6.97. The summed E-state index contributed by atoms with van der Waals surface area (Å²) in [4.78, 5) is 0. The monoisotopic (exact) mass is 291 g/mol. The van der Waals surface area contributed by atoms with Crippen LogP contribution in [0.1, 0.15) is 12.5 Å². The predicted octanol–water partition coefficient (Wildman–Crippen LogP) is 3.13. The van der Waals surface area contributed by atoms with Crippen LogP contribution in [0.25, 0.3) is 0 Å². The lowest BCUT2D eigenvalue weighted by Crippen LogP contribution is -2.40. The Bertz CT molecular complexity index is 370. The Balaban J connectivity index is 2.41. The van der Waals surface area contributed by atoms with Gasteiger partial charge in [-0.25, -0.2) is 0 Å². The summed E-state index contributed by atoms with van der Waals surface area (Å²) in [7, 11) is 3.25. The van der Waals surface area contributed by atoms with Gasteiger partial charge in [0.15, 0.2) is 6.29 Å². The van der Waals surface area contributed by atoms with Crippen LogP contribution >= 0.6 is 23.2 Å². The molecule has 3 nitrogen and oxygen atoms in total. The Morgan fingerprint density at radius 1 is 1.22 bits per heavy atom. The van der Waals surface area contributed by atoms with Gasteiger partial charge in [-0.3, -0.25) is 0 Å². The van der Waals surface area contributed by atoms with Crippen molar-refractivity contribution in [2.75, 3.05) is 20.8 Å². The van der Waals surface area contributed by atoms with Crippen molar-refractivity contribution >= 4 is 23.2 Å². The SMILES string of the molecule is COC(OC)C(C)NCCc1ccc(Cl)cc1Cl. The third-order valence-electron chi connectivity index (χ3n) is 2.75. The summed E-state index contributed by atoms with van der Waals surface area (Å²) >= 11 is 11.9. The maximum atomic E-state index is 6.10. The molecular weight excluding hydrogens is 273 g/mol. The summed E-state index contributed by atoms with van der Waals surface area (Å²) in [6, 6.07) is 5.67. The lowest BCUT2D eigenvalue weighted by Gasteiger charge is -2.22. The van der Waals surface area contributed by atoms with Gasteiger partial charge in [-0.05, 0) is 37.6 Å². The summed E-state index contributed by atoms with van der Waals surface area (Å²) in [6.07, 6.45) is 0.589. The van der Waals surface area contributed by atoms with E-state index in [1.165, 1.54) is 0 Å². The molecule has 0 spiro atoms. The van der Waals surface area contributed by atoms with Crippen LogP contribution < -0.4 is 5.32 Å². The molecule has 0 aromatic heterocycles. The van der Waals surface area contributed by atoms with E-state index in [0.717, 1.165) is 18.5 Å². The standard InChI is InChI=1S/C13H19Cl2NO2/c1-9(13(17-2)18-3)16-7-6-10-4-5-11(14)8-12(10)15/h4-5,8-9,13,16H,6-7H2,1-3H3. The van der Waals surface area contributed by atoms with Crippen LogP contribution in [0.15, 0.2) is 18.2 Å². The van der Waals surface area contributed by atoms with Crippen LogP contribution in [0, 0.1) is 0 Å². The molecule has 1 unspecified atom stereocenters. The second kappa shape index (κ2) is 7.97. The Labute approximate surface area is 118 Å². The summed E-state index contributed by atoms with van der Waals surface area (Å²) in [5, 5.41) is 4.69. The van der Waals surface area contributed by atoms with E-state index in [1.807, 2.05) is 19.1 Å². The molecule has 0 aliphatic heterocycles. The average Bonchev–Trinajstić information content (AvgIpc) is 2.33. The molecule has 18 heavy (non-hydrogen) atoms. The topological polar surface area (TPSA) is 30.5 Å². The van der Waals surface area contributed by atoms with Crippen molar-refractivity contribution in [3.63, 3.8) is 0 Å². The maximum absolute atomic E-state index is 6.10. The summed E-state index contributed by atoms with van der Waals surface area (Å²) in [6.45, 7) is 2.81. The number of hydrogen-bond donors (Lipinski definition) is 1. The van der Waals surface area contributed by atoms with Crippen LogP contribution in [0.5, 0.6) is 0 Å². The van der Waals surface area contributed by atoms with E-state index in [2.05, 4.69) is 5.32 Å². The normalized spacial score (nSPS) is 13.0. The van der Waals surface area contributed by atoms with E-state index in [1.54, 1.807) is 20.3 Å². The maximum Gasteiger partial charge on any atom is 0.171 e. The van der Waals surface area contributed by atoms with Gasteiger partial charge in [-0.15, -0.1) is 0 Å². The third-order valence-corrected chi connectivity index (χ3v) is 3.34. The quantitative estimate of drug-likeness (QED) is 0.783. The third kappa shape index (κ3) is 4.75.